The normalized spacial score (nSPS) is 15.7. The molecule has 2 heterocycles. The van der Waals surface area contributed by atoms with Crippen molar-refractivity contribution in [3.8, 4) is 0 Å². The van der Waals surface area contributed by atoms with Crippen molar-refractivity contribution in [2.75, 3.05) is 16.8 Å². The maximum absolute atomic E-state index is 13.2. The van der Waals surface area contributed by atoms with Gasteiger partial charge >= 0.3 is 6.18 Å². The van der Waals surface area contributed by atoms with E-state index in [-0.39, 0.29) is 48.9 Å². The number of benzene rings is 2. The van der Waals surface area contributed by atoms with Gasteiger partial charge in [-0.25, -0.2) is 0 Å². The first-order valence-corrected chi connectivity index (χ1v) is 9.60. The highest BCUT2D eigenvalue weighted by molar-refractivity contribution is 7.59. The van der Waals surface area contributed by atoms with Crippen LogP contribution >= 0.6 is 13.5 Å². The van der Waals surface area contributed by atoms with E-state index < -0.39 is 17.6 Å². The van der Waals surface area contributed by atoms with Gasteiger partial charge in [0.05, 0.1) is 23.5 Å². The molecule has 1 aliphatic rings. The Kier molecular flexibility index (Phi) is 6.36. The summed E-state index contributed by atoms with van der Waals surface area (Å²) in [6, 6.07) is 11.9. The van der Waals surface area contributed by atoms with Crippen LogP contribution in [0.25, 0.3) is 0 Å². The summed E-state index contributed by atoms with van der Waals surface area (Å²) in [5.74, 6) is -0.836. The number of amides is 2. The van der Waals surface area contributed by atoms with Crippen molar-refractivity contribution < 1.29 is 22.8 Å². The Bertz CT molecular complexity index is 1160. The summed E-state index contributed by atoms with van der Waals surface area (Å²) in [7, 11) is 0. The van der Waals surface area contributed by atoms with Crippen LogP contribution in [0.4, 0.5) is 24.5 Å². The van der Waals surface area contributed by atoms with Gasteiger partial charge in [-0.2, -0.15) is 31.8 Å². The van der Waals surface area contributed by atoms with Gasteiger partial charge < -0.3 is 10.2 Å². The largest absolute Gasteiger partial charge is 0.416 e. The lowest BCUT2D eigenvalue weighted by molar-refractivity contribution is -0.138. The minimum absolute atomic E-state index is 0. The molecule has 1 N–H and O–H groups in total. The molecule has 0 bridgehead atoms. The second kappa shape index (κ2) is 8.70. The lowest BCUT2D eigenvalue weighted by atomic mass is 10.1. The van der Waals surface area contributed by atoms with Crippen LogP contribution in [0.1, 0.15) is 44.9 Å². The van der Waals surface area contributed by atoms with Crippen LogP contribution in [0, 0.1) is 6.92 Å². The molecule has 32 heavy (non-hydrogen) atoms. The first-order chi connectivity index (χ1) is 14.7. The first-order valence-electron chi connectivity index (χ1n) is 9.60. The van der Waals surface area contributed by atoms with Gasteiger partial charge in [0, 0.05) is 17.8 Å². The zero-order chi connectivity index (χ0) is 22.3. The quantitative estimate of drug-likeness (QED) is 0.608. The molecule has 0 radical (unpaired) electrons. The Balaban J connectivity index is 0.00000289. The molecule has 3 aromatic rings. The number of carbonyl (C=O) groups is 2. The second-order valence-electron chi connectivity index (χ2n) is 7.43. The monoisotopic (exact) mass is 462 g/mol. The molecule has 0 spiro atoms. The molecule has 2 aromatic carbocycles. The maximum Gasteiger partial charge on any atom is 0.416 e. The van der Waals surface area contributed by atoms with Crippen molar-refractivity contribution in [2.24, 2.45) is 0 Å². The summed E-state index contributed by atoms with van der Waals surface area (Å²) in [6.07, 6.45) is -3.05. The minimum Gasteiger partial charge on any atom is -0.319 e. The zero-order valence-electron chi connectivity index (χ0n) is 17.3. The summed E-state index contributed by atoms with van der Waals surface area (Å²) in [5, 5.41) is 6.94. The third kappa shape index (κ3) is 4.22. The van der Waals surface area contributed by atoms with E-state index in [0.717, 1.165) is 6.07 Å². The van der Waals surface area contributed by atoms with Crippen molar-refractivity contribution in [3.63, 3.8) is 0 Å². The number of aryl methyl sites for hydroxylation is 1. The lowest BCUT2D eigenvalue weighted by Crippen LogP contribution is -2.43. The number of nitrogens with one attached hydrogen (secondary N) is 1. The summed E-state index contributed by atoms with van der Waals surface area (Å²) < 4.78 is 40.8. The summed E-state index contributed by atoms with van der Waals surface area (Å²) in [4.78, 5) is 27.2. The van der Waals surface area contributed by atoms with Gasteiger partial charge in [0.1, 0.15) is 0 Å². The van der Waals surface area contributed by atoms with Crippen LogP contribution in [0.3, 0.4) is 0 Å². The number of aromatic nitrogens is 2. The highest BCUT2D eigenvalue weighted by atomic mass is 32.1. The third-order valence-electron chi connectivity index (χ3n) is 5.22. The zero-order valence-corrected chi connectivity index (χ0v) is 18.3. The van der Waals surface area contributed by atoms with Crippen molar-refractivity contribution in [1.29, 1.82) is 0 Å². The molecular formula is C22H21F3N4O2S. The smallest absolute Gasteiger partial charge is 0.319 e. The molecule has 0 saturated carbocycles. The van der Waals surface area contributed by atoms with E-state index in [1.165, 1.54) is 34.8 Å². The first kappa shape index (κ1) is 23.4. The van der Waals surface area contributed by atoms with Crippen molar-refractivity contribution >= 4 is 36.7 Å². The Labute approximate surface area is 189 Å². The van der Waals surface area contributed by atoms with Crippen molar-refractivity contribution in [3.05, 3.63) is 77.1 Å². The molecule has 6 nitrogen and oxygen atoms in total. The number of fused-ring (bicyclic) bond motifs is 1. The third-order valence-corrected chi connectivity index (χ3v) is 5.22. The van der Waals surface area contributed by atoms with Gasteiger partial charge in [-0.1, -0.05) is 18.2 Å². The summed E-state index contributed by atoms with van der Waals surface area (Å²) >= 11 is 0. The summed E-state index contributed by atoms with van der Waals surface area (Å²) in [6.45, 7) is 3.44. The van der Waals surface area contributed by atoms with Crippen molar-refractivity contribution in [2.45, 2.75) is 26.1 Å². The predicted octanol–water partition coefficient (Wildman–Crippen LogP) is 4.80. The predicted molar refractivity (Wildman–Crippen MR) is 120 cm³/mol. The van der Waals surface area contributed by atoms with E-state index in [0.29, 0.717) is 11.3 Å². The molecular weight excluding hydrogens is 441 g/mol. The molecule has 2 amide bonds. The number of hydrogen-bond acceptors (Lipinski definition) is 3. The van der Waals surface area contributed by atoms with Gasteiger partial charge in [0.15, 0.2) is 5.69 Å². The fraction of sp³-hybridized carbons (Fsp3) is 0.227. The topological polar surface area (TPSA) is 67.2 Å². The van der Waals surface area contributed by atoms with Crippen LogP contribution in [0.15, 0.2) is 54.7 Å². The Morgan fingerprint density at radius 2 is 1.84 bits per heavy atom. The maximum atomic E-state index is 13.2. The molecule has 1 aliphatic heterocycles. The van der Waals surface area contributed by atoms with Gasteiger partial charge in [0.25, 0.3) is 11.8 Å². The number of rotatable bonds is 3. The number of halogens is 3. The second-order valence-corrected chi connectivity index (χ2v) is 7.43. The fourth-order valence-corrected chi connectivity index (χ4v) is 3.69. The van der Waals surface area contributed by atoms with Crippen LogP contribution < -0.4 is 10.2 Å². The van der Waals surface area contributed by atoms with Crippen molar-refractivity contribution in [1.82, 2.24) is 9.78 Å². The van der Waals surface area contributed by atoms with E-state index in [4.69, 9.17) is 0 Å². The Morgan fingerprint density at radius 1 is 1.16 bits per heavy atom. The Morgan fingerprint density at radius 3 is 2.47 bits per heavy atom. The molecule has 4 rings (SSSR count). The number of carbonyl (C=O) groups excluding carboxylic acids is 2. The molecule has 1 aromatic heterocycles. The minimum atomic E-state index is -4.46. The SMILES string of the molecule is Cc1cc(N2C[C@H](C)n3ncc(NC(=O)c4ccccc4)c3C2=O)ccc1C(F)(F)F.S. The van der Waals surface area contributed by atoms with E-state index in [9.17, 15) is 22.8 Å². The van der Waals surface area contributed by atoms with Crippen LogP contribution in [0.5, 0.6) is 0 Å². The van der Waals surface area contributed by atoms with E-state index in [2.05, 4.69) is 10.4 Å². The standard InChI is InChI=1S/C22H19F3N4O2.H2S/c1-13-10-16(8-9-17(13)22(23,24)25)28-12-14(2)29-19(21(28)31)18(11-26-29)27-20(30)15-6-4-3-5-7-15;/h3-11,14H,12H2,1-2H3,(H,27,30);1H2/t14-;/m0./s1. The highest BCUT2D eigenvalue weighted by Crippen LogP contribution is 2.35. The van der Waals surface area contributed by atoms with E-state index in [1.54, 1.807) is 30.3 Å². The number of hydrogen-bond donors (Lipinski definition) is 1. The Hall–Kier alpha value is -3.27. The van der Waals surface area contributed by atoms with Crippen LogP contribution in [-0.4, -0.2) is 28.1 Å². The summed E-state index contributed by atoms with van der Waals surface area (Å²) in [5.41, 5.74) is 0.500. The molecule has 0 fully saturated rings. The molecule has 10 heteroatoms. The van der Waals surface area contributed by atoms with E-state index >= 15 is 0 Å². The molecule has 0 saturated heterocycles. The number of alkyl halides is 3. The van der Waals surface area contributed by atoms with Gasteiger partial charge in [-0.05, 0) is 49.7 Å². The van der Waals surface area contributed by atoms with Gasteiger partial charge in [-0.3, -0.25) is 14.3 Å². The van der Waals surface area contributed by atoms with Crippen LogP contribution in [0.2, 0.25) is 0 Å². The van der Waals surface area contributed by atoms with Gasteiger partial charge in [-0.15, -0.1) is 0 Å². The van der Waals surface area contributed by atoms with E-state index in [1.807, 2.05) is 6.92 Å². The van der Waals surface area contributed by atoms with Gasteiger partial charge in [0.2, 0.25) is 0 Å². The average Bonchev–Trinajstić information content (AvgIpc) is 3.15. The number of nitrogens with zero attached hydrogens (tertiary/aromatic N) is 3. The van der Waals surface area contributed by atoms with Crippen LogP contribution in [-0.2, 0) is 6.18 Å². The molecule has 0 unspecified atom stereocenters. The average molecular weight is 462 g/mol. The highest BCUT2D eigenvalue weighted by Gasteiger charge is 2.36. The number of anilines is 2. The fourth-order valence-electron chi connectivity index (χ4n) is 3.69. The lowest BCUT2D eigenvalue weighted by Gasteiger charge is -2.32. The molecule has 168 valence electrons. The molecule has 1 atom stereocenters. The molecule has 0 aliphatic carbocycles.